The Hall–Kier alpha value is -0.350. The Morgan fingerprint density at radius 2 is 2.29 bits per heavy atom. The summed E-state index contributed by atoms with van der Waals surface area (Å²) in [6, 6.07) is 2.92. The van der Waals surface area contributed by atoms with Gasteiger partial charge in [-0.2, -0.15) is 5.10 Å². The molecule has 0 aliphatic carbocycles. The molecule has 0 spiro atoms. The standard InChI is InChI=1S/C13H22BrN3/c1-3-17-13(8-11(2)15-17)10-16-7-5-4-6-12(16)9-14/h8,12H,3-7,9-10H2,1-2H3. The SMILES string of the molecule is CCn1nc(C)cc1CN1CCCCC1CBr. The maximum Gasteiger partial charge on any atom is 0.0597 e. The van der Waals surface area contributed by atoms with Crippen LogP contribution in [0.5, 0.6) is 0 Å². The Morgan fingerprint density at radius 1 is 1.47 bits per heavy atom. The third-order valence-corrected chi connectivity index (χ3v) is 4.32. The molecule has 0 amide bonds. The second-order valence-electron chi connectivity index (χ2n) is 4.87. The van der Waals surface area contributed by atoms with E-state index in [0.29, 0.717) is 6.04 Å². The van der Waals surface area contributed by atoms with Crippen LogP contribution in [0.2, 0.25) is 0 Å². The van der Waals surface area contributed by atoms with E-state index in [-0.39, 0.29) is 0 Å². The molecule has 1 aliphatic heterocycles. The summed E-state index contributed by atoms with van der Waals surface area (Å²) in [5.41, 5.74) is 2.49. The van der Waals surface area contributed by atoms with Crippen molar-refractivity contribution in [3.8, 4) is 0 Å². The first-order valence-electron chi connectivity index (χ1n) is 6.58. The molecule has 1 unspecified atom stereocenters. The van der Waals surface area contributed by atoms with Crippen molar-refractivity contribution in [1.29, 1.82) is 0 Å². The number of alkyl halides is 1. The van der Waals surface area contributed by atoms with Gasteiger partial charge in [-0.25, -0.2) is 0 Å². The number of nitrogens with zero attached hydrogens (tertiary/aromatic N) is 3. The van der Waals surface area contributed by atoms with E-state index in [1.54, 1.807) is 0 Å². The molecule has 0 radical (unpaired) electrons. The van der Waals surface area contributed by atoms with Crippen molar-refractivity contribution in [3.05, 3.63) is 17.5 Å². The summed E-state index contributed by atoms with van der Waals surface area (Å²) in [7, 11) is 0. The maximum atomic E-state index is 4.52. The molecule has 0 aromatic carbocycles. The Kier molecular flexibility index (Phi) is 4.62. The molecule has 0 bridgehead atoms. The maximum absolute atomic E-state index is 4.52. The molecule has 1 atom stereocenters. The van der Waals surface area contributed by atoms with Crippen LogP contribution in [0.25, 0.3) is 0 Å². The van der Waals surface area contributed by atoms with Crippen molar-refractivity contribution in [3.63, 3.8) is 0 Å². The Bertz CT molecular complexity index is 362. The van der Waals surface area contributed by atoms with E-state index in [9.17, 15) is 0 Å². The topological polar surface area (TPSA) is 21.1 Å². The first-order chi connectivity index (χ1) is 8.24. The Balaban J connectivity index is 2.07. The smallest absolute Gasteiger partial charge is 0.0597 e. The molecule has 1 aromatic rings. The molecule has 96 valence electrons. The summed E-state index contributed by atoms with van der Waals surface area (Å²) in [5.74, 6) is 0. The number of hydrogen-bond donors (Lipinski definition) is 0. The minimum absolute atomic E-state index is 0.698. The number of hydrogen-bond acceptors (Lipinski definition) is 2. The molecule has 2 rings (SSSR count). The molecular formula is C13H22BrN3. The first kappa shape index (κ1) is 13.1. The number of piperidine rings is 1. The van der Waals surface area contributed by atoms with E-state index < -0.39 is 0 Å². The van der Waals surface area contributed by atoms with Crippen LogP contribution in [0.1, 0.15) is 37.6 Å². The number of likely N-dealkylation sites (tertiary alicyclic amines) is 1. The largest absolute Gasteiger partial charge is 0.294 e. The molecule has 2 heterocycles. The summed E-state index contributed by atoms with van der Waals surface area (Å²) in [5, 5.41) is 5.61. The molecular weight excluding hydrogens is 278 g/mol. The van der Waals surface area contributed by atoms with Crippen molar-refractivity contribution in [2.24, 2.45) is 0 Å². The summed E-state index contributed by atoms with van der Waals surface area (Å²) in [6.45, 7) is 7.48. The molecule has 0 N–H and O–H groups in total. The summed E-state index contributed by atoms with van der Waals surface area (Å²) < 4.78 is 2.13. The second-order valence-corrected chi connectivity index (χ2v) is 5.51. The van der Waals surface area contributed by atoms with E-state index in [4.69, 9.17) is 0 Å². The van der Waals surface area contributed by atoms with Crippen LogP contribution in [-0.4, -0.2) is 32.6 Å². The molecule has 17 heavy (non-hydrogen) atoms. The highest BCUT2D eigenvalue weighted by atomic mass is 79.9. The van der Waals surface area contributed by atoms with Crippen LogP contribution < -0.4 is 0 Å². The third-order valence-electron chi connectivity index (χ3n) is 3.58. The highest BCUT2D eigenvalue weighted by molar-refractivity contribution is 9.09. The van der Waals surface area contributed by atoms with Gasteiger partial charge in [0, 0.05) is 24.5 Å². The third kappa shape index (κ3) is 3.10. The lowest BCUT2D eigenvalue weighted by Crippen LogP contribution is -2.40. The summed E-state index contributed by atoms with van der Waals surface area (Å²) in [6.07, 6.45) is 4.03. The Labute approximate surface area is 112 Å². The fourth-order valence-corrected chi connectivity index (χ4v) is 3.38. The Morgan fingerprint density at radius 3 is 3.00 bits per heavy atom. The quantitative estimate of drug-likeness (QED) is 0.797. The van der Waals surface area contributed by atoms with Gasteiger partial charge in [0.1, 0.15) is 0 Å². The van der Waals surface area contributed by atoms with Crippen molar-refractivity contribution in [2.75, 3.05) is 11.9 Å². The number of rotatable bonds is 4. The van der Waals surface area contributed by atoms with Crippen LogP contribution in [0, 0.1) is 6.92 Å². The van der Waals surface area contributed by atoms with E-state index in [2.05, 4.69) is 50.5 Å². The van der Waals surface area contributed by atoms with Crippen LogP contribution >= 0.6 is 15.9 Å². The van der Waals surface area contributed by atoms with Gasteiger partial charge in [0.15, 0.2) is 0 Å². The van der Waals surface area contributed by atoms with Crippen molar-refractivity contribution < 1.29 is 0 Å². The van der Waals surface area contributed by atoms with Crippen molar-refractivity contribution in [1.82, 2.24) is 14.7 Å². The molecule has 1 saturated heterocycles. The zero-order valence-electron chi connectivity index (χ0n) is 10.8. The van der Waals surface area contributed by atoms with Crippen LogP contribution in [-0.2, 0) is 13.1 Å². The van der Waals surface area contributed by atoms with Gasteiger partial charge in [-0.15, -0.1) is 0 Å². The zero-order chi connectivity index (χ0) is 12.3. The van der Waals surface area contributed by atoms with Gasteiger partial charge >= 0.3 is 0 Å². The highest BCUT2D eigenvalue weighted by Gasteiger charge is 2.22. The van der Waals surface area contributed by atoms with Crippen molar-refractivity contribution >= 4 is 15.9 Å². The number of aryl methyl sites for hydroxylation is 2. The van der Waals surface area contributed by atoms with E-state index >= 15 is 0 Å². The average molecular weight is 300 g/mol. The van der Waals surface area contributed by atoms with Crippen LogP contribution in [0.15, 0.2) is 6.07 Å². The minimum Gasteiger partial charge on any atom is -0.294 e. The fourth-order valence-electron chi connectivity index (χ4n) is 2.65. The second kappa shape index (κ2) is 6.01. The monoisotopic (exact) mass is 299 g/mol. The molecule has 1 aliphatic rings. The van der Waals surface area contributed by atoms with Crippen LogP contribution in [0.4, 0.5) is 0 Å². The predicted molar refractivity (Wildman–Crippen MR) is 74.5 cm³/mol. The lowest BCUT2D eigenvalue weighted by molar-refractivity contribution is 0.152. The lowest BCUT2D eigenvalue weighted by atomic mass is 10.0. The van der Waals surface area contributed by atoms with E-state index in [1.807, 2.05) is 0 Å². The number of halogens is 1. The zero-order valence-corrected chi connectivity index (χ0v) is 12.4. The minimum atomic E-state index is 0.698. The highest BCUT2D eigenvalue weighted by Crippen LogP contribution is 2.21. The first-order valence-corrected chi connectivity index (χ1v) is 7.70. The lowest BCUT2D eigenvalue weighted by Gasteiger charge is -2.34. The van der Waals surface area contributed by atoms with E-state index in [0.717, 1.165) is 24.1 Å². The normalized spacial score (nSPS) is 21.9. The molecule has 1 aromatic heterocycles. The summed E-state index contributed by atoms with van der Waals surface area (Å²) >= 11 is 3.64. The average Bonchev–Trinajstić information content (AvgIpc) is 2.70. The molecule has 4 heteroatoms. The van der Waals surface area contributed by atoms with E-state index in [1.165, 1.54) is 31.5 Å². The molecule has 0 saturated carbocycles. The number of aromatic nitrogens is 2. The molecule has 3 nitrogen and oxygen atoms in total. The van der Waals surface area contributed by atoms with Gasteiger partial charge in [0.25, 0.3) is 0 Å². The van der Waals surface area contributed by atoms with Gasteiger partial charge < -0.3 is 0 Å². The predicted octanol–water partition coefficient (Wildman–Crippen LogP) is 2.96. The van der Waals surface area contributed by atoms with Crippen molar-refractivity contribution in [2.45, 2.75) is 52.2 Å². The van der Waals surface area contributed by atoms with Gasteiger partial charge in [-0.3, -0.25) is 9.58 Å². The van der Waals surface area contributed by atoms with Gasteiger partial charge in [0.2, 0.25) is 0 Å². The fraction of sp³-hybridized carbons (Fsp3) is 0.769. The van der Waals surface area contributed by atoms with Gasteiger partial charge in [-0.1, -0.05) is 22.4 Å². The molecule has 1 fully saturated rings. The van der Waals surface area contributed by atoms with Crippen LogP contribution in [0.3, 0.4) is 0 Å². The van der Waals surface area contributed by atoms with Gasteiger partial charge in [-0.05, 0) is 39.3 Å². The summed E-state index contributed by atoms with van der Waals surface area (Å²) in [4.78, 5) is 2.60. The van der Waals surface area contributed by atoms with Gasteiger partial charge in [0.05, 0.1) is 11.4 Å².